The third-order valence-electron chi connectivity index (χ3n) is 4.97. The Hall–Kier alpha value is -2.95. The molecule has 2 nitrogen and oxygen atoms in total. The Morgan fingerprint density at radius 1 is 0.741 bits per heavy atom. The first-order valence-electron chi connectivity index (χ1n) is 8.79. The first kappa shape index (κ1) is 15.1. The van der Waals surface area contributed by atoms with Crippen LogP contribution in [0.25, 0.3) is 52.9 Å². The molecule has 0 amide bonds. The molecular formula is C23H14N2S2. The number of thiazole rings is 1. The van der Waals surface area contributed by atoms with Gasteiger partial charge >= 0.3 is 0 Å². The van der Waals surface area contributed by atoms with E-state index in [-0.39, 0.29) is 0 Å². The summed E-state index contributed by atoms with van der Waals surface area (Å²) in [6.45, 7) is 0. The van der Waals surface area contributed by atoms with E-state index in [0.29, 0.717) is 0 Å². The van der Waals surface area contributed by atoms with Crippen molar-refractivity contribution in [2.75, 3.05) is 0 Å². The van der Waals surface area contributed by atoms with Crippen molar-refractivity contribution in [1.82, 2.24) is 9.97 Å². The minimum Gasteiger partial charge on any atom is -0.355 e. The van der Waals surface area contributed by atoms with Crippen molar-refractivity contribution < 1.29 is 0 Å². The van der Waals surface area contributed by atoms with Crippen LogP contribution in [-0.2, 0) is 0 Å². The van der Waals surface area contributed by atoms with E-state index in [9.17, 15) is 0 Å². The van der Waals surface area contributed by atoms with E-state index in [2.05, 4.69) is 82.8 Å². The van der Waals surface area contributed by atoms with Gasteiger partial charge in [-0.05, 0) is 53.4 Å². The maximum absolute atomic E-state index is 4.44. The van der Waals surface area contributed by atoms with Gasteiger partial charge in [0.25, 0.3) is 0 Å². The molecule has 0 radical (unpaired) electrons. The SMILES string of the molecule is c1ccc2sc(-c3ccc4[nH]c(-c5ccc6scnc6c5)cc4c3)cc2c1. The smallest absolute Gasteiger partial charge is 0.0818 e. The van der Waals surface area contributed by atoms with Crippen molar-refractivity contribution in [2.24, 2.45) is 0 Å². The van der Waals surface area contributed by atoms with Crippen LogP contribution in [0.2, 0.25) is 0 Å². The number of aromatic nitrogens is 2. The lowest BCUT2D eigenvalue weighted by molar-refractivity contribution is 1.45. The van der Waals surface area contributed by atoms with E-state index in [1.165, 1.54) is 36.2 Å². The zero-order valence-corrected chi connectivity index (χ0v) is 15.9. The Morgan fingerprint density at radius 2 is 1.67 bits per heavy atom. The molecule has 0 aliphatic carbocycles. The monoisotopic (exact) mass is 382 g/mol. The van der Waals surface area contributed by atoms with E-state index in [1.807, 2.05) is 16.8 Å². The largest absolute Gasteiger partial charge is 0.355 e. The molecule has 0 spiro atoms. The molecule has 0 fully saturated rings. The molecule has 0 bridgehead atoms. The molecule has 0 saturated carbocycles. The first-order valence-corrected chi connectivity index (χ1v) is 10.5. The van der Waals surface area contributed by atoms with Crippen LogP contribution in [-0.4, -0.2) is 9.97 Å². The zero-order valence-electron chi connectivity index (χ0n) is 14.3. The lowest BCUT2D eigenvalue weighted by Gasteiger charge is -1.97. The Labute approximate surface area is 163 Å². The molecule has 6 aromatic rings. The molecular weight excluding hydrogens is 368 g/mol. The third kappa shape index (κ3) is 2.49. The molecule has 3 aromatic heterocycles. The average Bonchev–Trinajstić information content (AvgIpc) is 3.42. The lowest BCUT2D eigenvalue weighted by Crippen LogP contribution is -1.77. The molecule has 3 heterocycles. The molecule has 3 aromatic carbocycles. The van der Waals surface area contributed by atoms with E-state index >= 15 is 0 Å². The van der Waals surface area contributed by atoms with Crippen molar-refractivity contribution in [3.63, 3.8) is 0 Å². The predicted molar refractivity (Wildman–Crippen MR) is 118 cm³/mol. The second-order valence-electron chi connectivity index (χ2n) is 6.67. The number of H-pyrrole nitrogens is 1. The van der Waals surface area contributed by atoms with Gasteiger partial charge in [0.1, 0.15) is 0 Å². The fraction of sp³-hybridized carbons (Fsp3) is 0. The minimum absolute atomic E-state index is 1.06. The van der Waals surface area contributed by atoms with Crippen LogP contribution in [0.3, 0.4) is 0 Å². The van der Waals surface area contributed by atoms with Gasteiger partial charge in [-0.15, -0.1) is 22.7 Å². The van der Waals surface area contributed by atoms with Gasteiger partial charge in [0, 0.05) is 31.7 Å². The fourth-order valence-corrected chi connectivity index (χ4v) is 5.31. The van der Waals surface area contributed by atoms with Crippen LogP contribution in [0, 0.1) is 0 Å². The second-order valence-corrected chi connectivity index (χ2v) is 8.64. The number of benzene rings is 3. The van der Waals surface area contributed by atoms with E-state index in [4.69, 9.17) is 0 Å². The number of hydrogen-bond acceptors (Lipinski definition) is 3. The zero-order chi connectivity index (χ0) is 17.8. The number of thiophene rings is 1. The number of aromatic amines is 1. The highest BCUT2D eigenvalue weighted by molar-refractivity contribution is 7.22. The van der Waals surface area contributed by atoms with Crippen molar-refractivity contribution in [2.45, 2.75) is 0 Å². The highest BCUT2D eigenvalue weighted by Gasteiger charge is 2.09. The summed E-state index contributed by atoms with van der Waals surface area (Å²) in [5.41, 5.74) is 7.69. The van der Waals surface area contributed by atoms with Crippen molar-refractivity contribution >= 4 is 53.9 Å². The van der Waals surface area contributed by atoms with Gasteiger partial charge in [0.2, 0.25) is 0 Å². The van der Waals surface area contributed by atoms with Crippen LogP contribution in [0.4, 0.5) is 0 Å². The average molecular weight is 383 g/mol. The third-order valence-corrected chi connectivity index (χ3v) is 6.95. The van der Waals surface area contributed by atoms with Gasteiger partial charge in [0.05, 0.1) is 15.7 Å². The van der Waals surface area contributed by atoms with E-state index < -0.39 is 0 Å². The maximum Gasteiger partial charge on any atom is 0.0818 e. The van der Waals surface area contributed by atoms with Gasteiger partial charge < -0.3 is 4.98 Å². The number of hydrogen-bond donors (Lipinski definition) is 1. The quantitative estimate of drug-likeness (QED) is 0.334. The molecule has 27 heavy (non-hydrogen) atoms. The standard InChI is InChI=1S/C23H14N2S2/c1-2-4-21-15(3-1)12-23(27-21)16-5-7-18-17(9-16)11-19(25-18)14-6-8-22-20(10-14)24-13-26-22/h1-13,25H. The van der Waals surface area contributed by atoms with Gasteiger partial charge in [0.15, 0.2) is 0 Å². The summed E-state index contributed by atoms with van der Waals surface area (Å²) >= 11 is 3.52. The molecule has 4 heteroatoms. The number of fused-ring (bicyclic) bond motifs is 3. The summed E-state index contributed by atoms with van der Waals surface area (Å²) in [6, 6.07) is 26.2. The van der Waals surface area contributed by atoms with Crippen molar-refractivity contribution in [3.05, 3.63) is 78.3 Å². The molecule has 0 saturated heterocycles. The van der Waals surface area contributed by atoms with E-state index in [1.54, 1.807) is 11.3 Å². The Kier molecular flexibility index (Phi) is 3.24. The van der Waals surface area contributed by atoms with Crippen LogP contribution < -0.4 is 0 Å². The second kappa shape index (κ2) is 5.78. The normalized spacial score (nSPS) is 11.7. The van der Waals surface area contributed by atoms with Crippen molar-refractivity contribution in [1.29, 1.82) is 0 Å². The van der Waals surface area contributed by atoms with Gasteiger partial charge in [-0.3, -0.25) is 0 Å². The molecule has 1 N–H and O–H groups in total. The summed E-state index contributed by atoms with van der Waals surface area (Å²) in [6.07, 6.45) is 0. The summed E-state index contributed by atoms with van der Waals surface area (Å²) < 4.78 is 2.56. The Bertz CT molecular complexity index is 1400. The van der Waals surface area contributed by atoms with Gasteiger partial charge in [-0.2, -0.15) is 0 Å². The highest BCUT2D eigenvalue weighted by atomic mass is 32.1. The predicted octanol–water partition coefficient (Wildman–Crippen LogP) is 7.33. The first-order chi connectivity index (χ1) is 13.3. The van der Waals surface area contributed by atoms with Crippen LogP contribution in [0.5, 0.6) is 0 Å². The summed E-state index contributed by atoms with van der Waals surface area (Å²) in [5, 5.41) is 2.54. The van der Waals surface area contributed by atoms with Crippen molar-refractivity contribution in [3.8, 4) is 21.7 Å². The lowest BCUT2D eigenvalue weighted by atomic mass is 10.1. The Balaban J connectivity index is 1.46. The number of nitrogens with one attached hydrogen (secondary N) is 1. The molecule has 6 rings (SSSR count). The van der Waals surface area contributed by atoms with Gasteiger partial charge in [-0.25, -0.2) is 4.98 Å². The number of rotatable bonds is 2. The summed E-state index contributed by atoms with van der Waals surface area (Å²) in [5.74, 6) is 0. The van der Waals surface area contributed by atoms with E-state index in [0.717, 1.165) is 16.7 Å². The maximum atomic E-state index is 4.44. The van der Waals surface area contributed by atoms with Gasteiger partial charge in [-0.1, -0.05) is 30.3 Å². The summed E-state index contributed by atoms with van der Waals surface area (Å²) in [4.78, 5) is 9.30. The Morgan fingerprint density at radius 3 is 2.63 bits per heavy atom. The molecule has 128 valence electrons. The minimum atomic E-state index is 1.06. The molecule has 0 aliphatic rings. The molecule has 0 atom stereocenters. The fourth-order valence-electron chi connectivity index (χ4n) is 3.59. The number of nitrogens with zero attached hydrogens (tertiary/aromatic N) is 1. The topological polar surface area (TPSA) is 28.7 Å². The van der Waals surface area contributed by atoms with Crippen LogP contribution in [0.15, 0.2) is 78.3 Å². The summed E-state index contributed by atoms with van der Waals surface area (Å²) in [7, 11) is 0. The highest BCUT2D eigenvalue weighted by Crippen LogP contribution is 2.36. The molecule has 0 aliphatic heterocycles. The van der Waals surface area contributed by atoms with Crippen LogP contribution in [0.1, 0.15) is 0 Å². The molecule has 0 unspecified atom stereocenters. The van der Waals surface area contributed by atoms with Crippen LogP contribution >= 0.6 is 22.7 Å².